The summed E-state index contributed by atoms with van der Waals surface area (Å²) in [5.74, 6) is -1.57. The smallest absolute Gasteiger partial charge is 0.307 e. The van der Waals surface area contributed by atoms with E-state index in [1.165, 1.54) is 23.1 Å². The Morgan fingerprint density at radius 1 is 1.00 bits per heavy atom. The predicted molar refractivity (Wildman–Crippen MR) is 153 cm³/mol. The number of carbonyl (C=O) groups is 3. The zero-order chi connectivity index (χ0) is 27.9. The van der Waals surface area contributed by atoms with E-state index in [9.17, 15) is 19.5 Å². The first-order chi connectivity index (χ1) is 18.8. The van der Waals surface area contributed by atoms with Gasteiger partial charge >= 0.3 is 5.97 Å². The van der Waals surface area contributed by atoms with Gasteiger partial charge in [-0.05, 0) is 62.2 Å². The largest absolute Gasteiger partial charge is 0.493 e. The number of carboxylic acids is 1. The molecule has 4 rings (SSSR count). The number of amides is 2. The van der Waals surface area contributed by atoms with Crippen molar-refractivity contribution in [1.82, 2.24) is 4.98 Å². The average Bonchev–Trinajstić information content (AvgIpc) is 3.42. The molecule has 1 aliphatic carbocycles. The molecule has 0 aliphatic heterocycles. The second kappa shape index (κ2) is 12.8. The first kappa shape index (κ1) is 28.2. The van der Waals surface area contributed by atoms with Crippen LogP contribution >= 0.6 is 23.1 Å². The fraction of sp³-hybridized carbons (Fsp3) is 0.286. The van der Waals surface area contributed by atoms with Gasteiger partial charge in [-0.25, -0.2) is 4.98 Å². The number of carbonyl (C=O) groups excluding carboxylic acids is 2. The van der Waals surface area contributed by atoms with Crippen molar-refractivity contribution in [3.63, 3.8) is 0 Å². The number of nitrogens with one attached hydrogen (secondary N) is 2. The average molecular weight is 568 g/mol. The van der Waals surface area contributed by atoms with Crippen molar-refractivity contribution in [3.8, 4) is 22.8 Å². The summed E-state index contributed by atoms with van der Waals surface area (Å²) >= 11 is 2.71. The standard InChI is InChI=1S/C28H29N3O6S2/c1-16(25(32)31-28-30-22(15-38-28)17-8-13-23(36-2)24(14-17)37-3)39-19-11-9-18(10-12-19)29-26(33)20-6-4-5-7-21(20)27(34)35/h4-5,8-16,20-21H,6-7H2,1-3H3,(H,29,33)(H,34,35)(H,30,31,32). The highest BCUT2D eigenvalue weighted by Crippen LogP contribution is 2.34. The molecule has 0 radical (unpaired) electrons. The SMILES string of the molecule is COc1ccc(-c2csc(NC(=O)C(C)Sc3ccc(NC(=O)C4CC=CCC4C(=O)O)cc3)n2)cc1OC. The molecule has 11 heteroatoms. The number of nitrogens with zero attached hydrogens (tertiary/aromatic N) is 1. The number of aromatic nitrogens is 1. The first-order valence-electron chi connectivity index (χ1n) is 12.2. The Morgan fingerprint density at radius 2 is 1.69 bits per heavy atom. The summed E-state index contributed by atoms with van der Waals surface area (Å²) in [6.45, 7) is 1.81. The number of methoxy groups -OCH3 is 2. The van der Waals surface area contributed by atoms with E-state index in [0.29, 0.717) is 40.9 Å². The zero-order valence-corrected chi connectivity index (χ0v) is 23.3. The molecule has 0 bridgehead atoms. The van der Waals surface area contributed by atoms with Gasteiger partial charge in [0.25, 0.3) is 0 Å². The third-order valence-electron chi connectivity index (χ3n) is 6.30. The predicted octanol–water partition coefficient (Wildman–Crippen LogP) is 5.55. The van der Waals surface area contributed by atoms with Crippen LogP contribution < -0.4 is 20.1 Å². The number of thioether (sulfide) groups is 1. The first-order valence-corrected chi connectivity index (χ1v) is 14.0. The number of benzene rings is 2. The Balaban J connectivity index is 1.32. The van der Waals surface area contributed by atoms with Crippen molar-refractivity contribution in [2.45, 2.75) is 29.9 Å². The van der Waals surface area contributed by atoms with Crippen LogP contribution in [-0.4, -0.2) is 47.3 Å². The molecule has 9 nitrogen and oxygen atoms in total. The summed E-state index contributed by atoms with van der Waals surface area (Å²) in [5.41, 5.74) is 2.14. The molecule has 0 saturated carbocycles. The molecule has 204 valence electrons. The lowest BCUT2D eigenvalue weighted by Crippen LogP contribution is -2.34. The van der Waals surface area contributed by atoms with Gasteiger partial charge in [0.2, 0.25) is 11.8 Å². The summed E-state index contributed by atoms with van der Waals surface area (Å²) in [6.07, 6.45) is 4.40. The summed E-state index contributed by atoms with van der Waals surface area (Å²) in [5, 5.41) is 17.1. The van der Waals surface area contributed by atoms with E-state index in [0.717, 1.165) is 10.5 Å². The molecule has 3 unspecified atom stereocenters. The summed E-state index contributed by atoms with van der Waals surface area (Å²) in [6, 6.07) is 12.6. The lowest BCUT2D eigenvalue weighted by Gasteiger charge is -2.24. The fourth-order valence-electron chi connectivity index (χ4n) is 4.15. The van der Waals surface area contributed by atoms with Crippen molar-refractivity contribution in [2.75, 3.05) is 24.9 Å². The molecule has 39 heavy (non-hydrogen) atoms. The molecule has 0 spiro atoms. The molecule has 2 amide bonds. The van der Waals surface area contributed by atoms with Crippen molar-refractivity contribution in [2.24, 2.45) is 11.8 Å². The van der Waals surface area contributed by atoms with Gasteiger partial charge in [0.1, 0.15) is 0 Å². The van der Waals surface area contributed by atoms with Gasteiger partial charge in [-0.1, -0.05) is 12.2 Å². The van der Waals surface area contributed by atoms with E-state index in [1.54, 1.807) is 45.4 Å². The Kier molecular flexibility index (Phi) is 9.26. The minimum absolute atomic E-state index is 0.185. The monoisotopic (exact) mass is 567 g/mol. The van der Waals surface area contributed by atoms with Crippen LogP contribution in [0.5, 0.6) is 11.5 Å². The van der Waals surface area contributed by atoms with Crippen molar-refractivity contribution in [3.05, 3.63) is 60.0 Å². The molecule has 3 atom stereocenters. The molecular weight excluding hydrogens is 538 g/mol. The van der Waals surface area contributed by atoms with Crippen LogP contribution in [0.15, 0.2) is 64.9 Å². The third kappa shape index (κ3) is 6.98. The highest BCUT2D eigenvalue weighted by molar-refractivity contribution is 8.00. The number of carboxylic acid groups (broad SMARTS) is 1. The molecule has 0 fully saturated rings. The minimum atomic E-state index is -0.964. The van der Waals surface area contributed by atoms with E-state index in [1.807, 2.05) is 35.7 Å². The van der Waals surface area contributed by atoms with Crippen molar-refractivity contribution >= 4 is 51.7 Å². The molecule has 3 N–H and O–H groups in total. The van der Waals surface area contributed by atoms with Crippen LogP contribution in [0.3, 0.4) is 0 Å². The van der Waals surface area contributed by atoms with Gasteiger partial charge in [0.05, 0.1) is 37.0 Å². The zero-order valence-electron chi connectivity index (χ0n) is 21.7. The van der Waals surface area contributed by atoms with E-state index >= 15 is 0 Å². The number of ether oxygens (including phenoxy) is 2. The van der Waals surface area contributed by atoms with E-state index in [-0.39, 0.29) is 11.8 Å². The maximum Gasteiger partial charge on any atom is 0.307 e. The van der Waals surface area contributed by atoms with Crippen molar-refractivity contribution < 1.29 is 29.0 Å². The van der Waals surface area contributed by atoms with Crippen LogP contribution in [-0.2, 0) is 14.4 Å². The topological polar surface area (TPSA) is 127 Å². The Bertz CT molecular complexity index is 1370. The lowest BCUT2D eigenvalue weighted by atomic mass is 9.82. The highest BCUT2D eigenvalue weighted by atomic mass is 32.2. The number of rotatable bonds is 10. The third-order valence-corrected chi connectivity index (χ3v) is 8.17. The number of hydrogen-bond donors (Lipinski definition) is 3. The summed E-state index contributed by atoms with van der Waals surface area (Å²) in [7, 11) is 3.15. The quantitative estimate of drug-likeness (QED) is 0.215. The van der Waals surface area contributed by atoms with Crippen LogP contribution in [0.4, 0.5) is 10.8 Å². The normalized spacial score (nSPS) is 17.2. The van der Waals surface area contributed by atoms with Gasteiger partial charge < -0.3 is 25.2 Å². The van der Waals surface area contributed by atoms with E-state index < -0.39 is 23.1 Å². The molecule has 2 aromatic carbocycles. The van der Waals surface area contributed by atoms with Gasteiger partial charge in [-0.3, -0.25) is 14.4 Å². The van der Waals surface area contributed by atoms with Crippen LogP contribution in [0, 0.1) is 11.8 Å². The van der Waals surface area contributed by atoms with Gasteiger partial charge in [0.15, 0.2) is 16.6 Å². The van der Waals surface area contributed by atoms with Gasteiger partial charge in [-0.2, -0.15) is 0 Å². The number of hydrogen-bond acceptors (Lipinski definition) is 8. The van der Waals surface area contributed by atoms with Gasteiger partial charge in [-0.15, -0.1) is 23.1 Å². The van der Waals surface area contributed by atoms with Gasteiger partial charge in [0, 0.05) is 21.5 Å². The molecule has 0 saturated heterocycles. The van der Waals surface area contributed by atoms with Crippen LogP contribution in [0.2, 0.25) is 0 Å². The van der Waals surface area contributed by atoms with E-state index in [2.05, 4.69) is 15.6 Å². The molecule has 1 aromatic heterocycles. The number of thiazole rings is 1. The number of allylic oxidation sites excluding steroid dienone is 2. The molecule has 1 heterocycles. The highest BCUT2D eigenvalue weighted by Gasteiger charge is 2.34. The number of anilines is 2. The lowest BCUT2D eigenvalue weighted by molar-refractivity contribution is -0.146. The Morgan fingerprint density at radius 3 is 2.36 bits per heavy atom. The Labute approximate surface area is 234 Å². The summed E-state index contributed by atoms with van der Waals surface area (Å²) in [4.78, 5) is 42.4. The Hall–Kier alpha value is -3.83. The molecule has 3 aromatic rings. The van der Waals surface area contributed by atoms with Crippen LogP contribution in [0.1, 0.15) is 19.8 Å². The maximum absolute atomic E-state index is 12.8. The minimum Gasteiger partial charge on any atom is -0.493 e. The molecular formula is C28H29N3O6S2. The van der Waals surface area contributed by atoms with E-state index in [4.69, 9.17) is 9.47 Å². The number of aliphatic carboxylic acids is 1. The molecule has 1 aliphatic rings. The second-order valence-electron chi connectivity index (χ2n) is 8.86. The van der Waals surface area contributed by atoms with Crippen molar-refractivity contribution in [1.29, 1.82) is 0 Å². The fourth-order valence-corrected chi connectivity index (χ4v) is 5.74. The second-order valence-corrected chi connectivity index (χ2v) is 11.1. The maximum atomic E-state index is 12.8. The summed E-state index contributed by atoms with van der Waals surface area (Å²) < 4.78 is 10.6. The van der Waals surface area contributed by atoms with Crippen LogP contribution in [0.25, 0.3) is 11.3 Å².